The molecule has 0 aliphatic carbocycles. The van der Waals surface area contributed by atoms with Crippen LogP contribution in [-0.2, 0) is 0 Å². The Bertz CT molecular complexity index is 436. The maximum atomic E-state index is 5.81. The zero-order valence-corrected chi connectivity index (χ0v) is 9.30. The fourth-order valence-electron chi connectivity index (χ4n) is 1.73. The van der Waals surface area contributed by atoms with Crippen LogP contribution in [0.4, 0.5) is 0 Å². The van der Waals surface area contributed by atoms with Crippen molar-refractivity contribution >= 4 is 0 Å². The molecule has 0 bridgehead atoms. The largest absolute Gasteiger partial charge is 0.329 e. The molecule has 1 aromatic carbocycles. The molecular formula is C13H15N3. The second kappa shape index (κ2) is 4.86. The summed E-state index contributed by atoms with van der Waals surface area (Å²) in [5.74, 6) is 0.156. The Labute approximate surface area is 95.4 Å². The Morgan fingerprint density at radius 3 is 2.50 bits per heavy atom. The van der Waals surface area contributed by atoms with Gasteiger partial charge in [0.25, 0.3) is 0 Å². The summed E-state index contributed by atoms with van der Waals surface area (Å²) in [5, 5.41) is 0. The highest BCUT2D eigenvalue weighted by molar-refractivity contribution is 5.30. The van der Waals surface area contributed by atoms with Crippen molar-refractivity contribution in [3.8, 4) is 0 Å². The molecule has 82 valence electrons. The summed E-state index contributed by atoms with van der Waals surface area (Å²) < 4.78 is 0. The van der Waals surface area contributed by atoms with E-state index in [1.54, 1.807) is 12.5 Å². The van der Waals surface area contributed by atoms with Crippen molar-refractivity contribution in [1.29, 1.82) is 0 Å². The van der Waals surface area contributed by atoms with Crippen molar-refractivity contribution in [1.82, 2.24) is 9.97 Å². The number of aryl methyl sites for hydroxylation is 1. The molecule has 3 nitrogen and oxygen atoms in total. The lowest BCUT2D eigenvalue weighted by atomic mass is 9.95. The van der Waals surface area contributed by atoms with Crippen LogP contribution in [0, 0.1) is 6.92 Å². The highest BCUT2D eigenvalue weighted by Crippen LogP contribution is 2.21. The number of benzene rings is 1. The van der Waals surface area contributed by atoms with Gasteiger partial charge < -0.3 is 5.73 Å². The van der Waals surface area contributed by atoms with Gasteiger partial charge in [-0.25, -0.2) is 9.97 Å². The quantitative estimate of drug-likeness (QED) is 0.846. The summed E-state index contributed by atoms with van der Waals surface area (Å²) in [6.07, 6.45) is 3.31. The lowest BCUT2D eigenvalue weighted by molar-refractivity contribution is 0.781. The van der Waals surface area contributed by atoms with Crippen molar-refractivity contribution in [2.24, 2.45) is 5.73 Å². The highest BCUT2D eigenvalue weighted by Gasteiger charge is 2.12. The van der Waals surface area contributed by atoms with Crippen LogP contribution < -0.4 is 5.73 Å². The van der Waals surface area contributed by atoms with Gasteiger partial charge in [0.15, 0.2) is 0 Å². The topological polar surface area (TPSA) is 51.8 Å². The molecule has 2 N–H and O–H groups in total. The number of nitrogens with two attached hydrogens (primary N) is 1. The van der Waals surface area contributed by atoms with E-state index in [1.165, 1.54) is 11.1 Å². The Morgan fingerprint density at radius 1 is 1.19 bits per heavy atom. The second-order valence-corrected chi connectivity index (χ2v) is 3.83. The predicted molar refractivity (Wildman–Crippen MR) is 64.1 cm³/mol. The fraction of sp³-hybridized carbons (Fsp3) is 0.231. The third-order valence-corrected chi connectivity index (χ3v) is 2.68. The highest BCUT2D eigenvalue weighted by atomic mass is 14.8. The van der Waals surface area contributed by atoms with Gasteiger partial charge in [0, 0.05) is 18.7 Å². The molecule has 0 spiro atoms. The minimum absolute atomic E-state index is 0.156. The van der Waals surface area contributed by atoms with E-state index in [-0.39, 0.29) is 5.92 Å². The second-order valence-electron chi connectivity index (χ2n) is 3.83. The molecule has 0 amide bonds. The van der Waals surface area contributed by atoms with Crippen LogP contribution >= 0.6 is 0 Å². The molecule has 3 heteroatoms. The molecule has 1 atom stereocenters. The zero-order chi connectivity index (χ0) is 11.4. The van der Waals surface area contributed by atoms with Crippen LogP contribution in [0.25, 0.3) is 0 Å². The average molecular weight is 213 g/mol. The van der Waals surface area contributed by atoms with E-state index in [9.17, 15) is 0 Å². The minimum atomic E-state index is 0.156. The first-order valence-electron chi connectivity index (χ1n) is 5.34. The van der Waals surface area contributed by atoms with Crippen LogP contribution in [0.5, 0.6) is 0 Å². The molecule has 2 aromatic rings. The average Bonchev–Trinajstić information content (AvgIpc) is 2.34. The summed E-state index contributed by atoms with van der Waals surface area (Å²) in [5.41, 5.74) is 9.24. The van der Waals surface area contributed by atoms with E-state index < -0.39 is 0 Å². The van der Waals surface area contributed by atoms with Gasteiger partial charge >= 0.3 is 0 Å². The van der Waals surface area contributed by atoms with Gasteiger partial charge in [-0.3, -0.25) is 0 Å². The maximum Gasteiger partial charge on any atom is 0.115 e. The van der Waals surface area contributed by atoms with Crippen molar-refractivity contribution in [3.05, 3.63) is 59.7 Å². The molecule has 0 saturated carbocycles. The Hall–Kier alpha value is -1.74. The monoisotopic (exact) mass is 213 g/mol. The third-order valence-electron chi connectivity index (χ3n) is 2.68. The number of hydrogen-bond donors (Lipinski definition) is 1. The van der Waals surface area contributed by atoms with Gasteiger partial charge in [-0.05, 0) is 18.6 Å². The summed E-state index contributed by atoms with van der Waals surface area (Å²) in [6.45, 7) is 2.63. The lowest BCUT2D eigenvalue weighted by Crippen LogP contribution is -2.15. The first kappa shape index (κ1) is 10.8. The van der Waals surface area contributed by atoms with E-state index in [1.807, 2.05) is 6.07 Å². The third kappa shape index (κ3) is 2.25. The molecular weight excluding hydrogens is 198 g/mol. The Morgan fingerprint density at radius 2 is 1.94 bits per heavy atom. The smallest absolute Gasteiger partial charge is 0.115 e. The van der Waals surface area contributed by atoms with E-state index in [0.717, 1.165) is 5.69 Å². The van der Waals surface area contributed by atoms with Crippen molar-refractivity contribution in [3.63, 3.8) is 0 Å². The number of rotatable bonds is 3. The van der Waals surface area contributed by atoms with Crippen LogP contribution in [-0.4, -0.2) is 16.5 Å². The molecule has 16 heavy (non-hydrogen) atoms. The molecule has 1 heterocycles. The first-order valence-corrected chi connectivity index (χ1v) is 5.34. The lowest BCUT2D eigenvalue weighted by Gasteiger charge is -2.14. The summed E-state index contributed by atoms with van der Waals surface area (Å²) >= 11 is 0. The van der Waals surface area contributed by atoms with Crippen LogP contribution in [0.15, 0.2) is 42.9 Å². The van der Waals surface area contributed by atoms with E-state index in [4.69, 9.17) is 5.73 Å². The van der Waals surface area contributed by atoms with E-state index in [0.29, 0.717) is 6.54 Å². The van der Waals surface area contributed by atoms with Gasteiger partial charge in [0.1, 0.15) is 6.33 Å². The summed E-state index contributed by atoms with van der Waals surface area (Å²) in [4.78, 5) is 8.18. The molecule has 1 unspecified atom stereocenters. The standard InChI is InChI=1S/C13H15N3/c1-10-2-4-11(5-3-10)12(8-14)13-6-7-15-9-16-13/h2-7,9,12H,8,14H2,1H3. The summed E-state index contributed by atoms with van der Waals surface area (Å²) in [6, 6.07) is 10.3. The van der Waals surface area contributed by atoms with Crippen molar-refractivity contribution < 1.29 is 0 Å². The fourth-order valence-corrected chi connectivity index (χ4v) is 1.73. The van der Waals surface area contributed by atoms with Crippen LogP contribution in [0.1, 0.15) is 22.7 Å². The number of hydrogen-bond acceptors (Lipinski definition) is 3. The number of aromatic nitrogens is 2. The maximum absolute atomic E-state index is 5.81. The predicted octanol–water partition coefficient (Wildman–Crippen LogP) is 1.88. The molecule has 0 aliphatic heterocycles. The summed E-state index contributed by atoms with van der Waals surface area (Å²) in [7, 11) is 0. The van der Waals surface area contributed by atoms with Gasteiger partial charge in [-0.1, -0.05) is 29.8 Å². The van der Waals surface area contributed by atoms with E-state index >= 15 is 0 Å². The van der Waals surface area contributed by atoms with Crippen LogP contribution in [0.3, 0.4) is 0 Å². The van der Waals surface area contributed by atoms with Gasteiger partial charge in [-0.2, -0.15) is 0 Å². The Kier molecular flexibility index (Phi) is 3.27. The van der Waals surface area contributed by atoms with Crippen LogP contribution in [0.2, 0.25) is 0 Å². The Balaban J connectivity index is 2.33. The van der Waals surface area contributed by atoms with Crippen molar-refractivity contribution in [2.45, 2.75) is 12.8 Å². The zero-order valence-electron chi connectivity index (χ0n) is 9.30. The van der Waals surface area contributed by atoms with Gasteiger partial charge in [-0.15, -0.1) is 0 Å². The molecule has 0 aliphatic rings. The minimum Gasteiger partial charge on any atom is -0.329 e. The van der Waals surface area contributed by atoms with Gasteiger partial charge in [0.2, 0.25) is 0 Å². The SMILES string of the molecule is Cc1ccc(C(CN)c2ccncn2)cc1. The van der Waals surface area contributed by atoms with Gasteiger partial charge in [0.05, 0.1) is 5.69 Å². The normalized spacial score (nSPS) is 12.4. The molecule has 0 saturated heterocycles. The molecule has 0 fully saturated rings. The first-order chi connectivity index (χ1) is 7.81. The van der Waals surface area contributed by atoms with E-state index in [2.05, 4.69) is 41.2 Å². The van der Waals surface area contributed by atoms with Crippen molar-refractivity contribution in [2.75, 3.05) is 6.54 Å². The molecule has 0 radical (unpaired) electrons. The number of nitrogens with zero attached hydrogens (tertiary/aromatic N) is 2. The molecule has 1 aromatic heterocycles. The molecule has 2 rings (SSSR count).